The van der Waals surface area contributed by atoms with Crippen molar-refractivity contribution in [3.05, 3.63) is 0 Å². The van der Waals surface area contributed by atoms with Gasteiger partial charge in [0.05, 0.1) is 6.42 Å². The smallest absolute Gasteiger partial charge is 0.315 e. The van der Waals surface area contributed by atoms with Crippen LogP contribution in [0, 0.1) is 17.8 Å². The largest absolute Gasteiger partial charge is 0.481 e. The first kappa shape index (κ1) is 13.2. The van der Waals surface area contributed by atoms with Gasteiger partial charge in [0.15, 0.2) is 0 Å². The van der Waals surface area contributed by atoms with E-state index in [1.807, 2.05) is 0 Å². The third-order valence-electron chi connectivity index (χ3n) is 3.81. The van der Waals surface area contributed by atoms with Crippen LogP contribution in [0.5, 0.6) is 0 Å². The molecule has 0 heterocycles. The molecule has 0 aromatic rings. The van der Waals surface area contributed by atoms with Crippen LogP contribution in [0.15, 0.2) is 0 Å². The fraction of sp³-hybridized carbons (Fsp3) is 0.846. The van der Waals surface area contributed by atoms with Gasteiger partial charge in [0.25, 0.3) is 0 Å². The number of carboxylic acid groups (broad SMARTS) is 1. The second kappa shape index (κ2) is 5.59. The summed E-state index contributed by atoms with van der Waals surface area (Å²) < 4.78 is 0. The van der Waals surface area contributed by atoms with E-state index in [2.05, 4.69) is 10.6 Å². The molecule has 0 radical (unpaired) electrons. The molecular weight excluding hydrogens is 232 g/mol. The zero-order chi connectivity index (χ0) is 13.1. The molecular formula is C13H22N2O3. The van der Waals surface area contributed by atoms with Gasteiger partial charge in [-0.05, 0) is 50.4 Å². The van der Waals surface area contributed by atoms with Crippen LogP contribution in [-0.4, -0.2) is 29.7 Å². The SMILES string of the molecule is CC(CC(=O)O)NC(=O)NCC(C1CC1)C1CC1. The minimum absolute atomic E-state index is 0.0396. The minimum atomic E-state index is -0.892. The molecule has 3 N–H and O–H groups in total. The molecule has 0 bridgehead atoms. The molecule has 0 aromatic heterocycles. The van der Waals surface area contributed by atoms with Gasteiger partial charge in [-0.15, -0.1) is 0 Å². The van der Waals surface area contributed by atoms with Gasteiger partial charge in [0.2, 0.25) is 0 Å². The average molecular weight is 254 g/mol. The van der Waals surface area contributed by atoms with Crippen LogP contribution >= 0.6 is 0 Å². The maximum absolute atomic E-state index is 11.6. The van der Waals surface area contributed by atoms with Crippen molar-refractivity contribution < 1.29 is 14.7 Å². The standard InChI is InChI=1S/C13H22N2O3/c1-8(6-12(16)17)15-13(18)14-7-11(9-2-3-9)10-4-5-10/h8-11H,2-7H2,1H3,(H,16,17)(H2,14,15,18). The summed E-state index contributed by atoms with van der Waals surface area (Å²) in [5.41, 5.74) is 0. The number of amides is 2. The molecule has 5 nitrogen and oxygen atoms in total. The highest BCUT2D eigenvalue weighted by molar-refractivity contribution is 5.75. The Morgan fingerprint density at radius 1 is 1.22 bits per heavy atom. The third kappa shape index (κ3) is 4.20. The van der Waals surface area contributed by atoms with Crippen molar-refractivity contribution in [1.29, 1.82) is 0 Å². The number of urea groups is 1. The Kier molecular flexibility index (Phi) is 4.09. The predicted octanol–water partition coefficient (Wildman–Crippen LogP) is 1.58. The van der Waals surface area contributed by atoms with Gasteiger partial charge in [0.1, 0.15) is 0 Å². The van der Waals surface area contributed by atoms with Crippen molar-refractivity contribution in [2.75, 3.05) is 6.54 Å². The lowest BCUT2D eigenvalue weighted by Crippen LogP contribution is -2.43. The number of nitrogens with one attached hydrogen (secondary N) is 2. The number of rotatable bonds is 7. The summed E-state index contributed by atoms with van der Waals surface area (Å²) in [6.45, 7) is 2.44. The fourth-order valence-electron chi connectivity index (χ4n) is 2.57. The number of carbonyl (C=O) groups is 2. The predicted molar refractivity (Wildman–Crippen MR) is 67.2 cm³/mol. The molecule has 18 heavy (non-hydrogen) atoms. The van der Waals surface area contributed by atoms with E-state index in [1.165, 1.54) is 25.7 Å². The van der Waals surface area contributed by atoms with Crippen molar-refractivity contribution in [2.45, 2.75) is 45.1 Å². The van der Waals surface area contributed by atoms with E-state index in [0.717, 1.165) is 18.4 Å². The number of carboxylic acids is 1. The summed E-state index contributed by atoms with van der Waals surface area (Å²) in [4.78, 5) is 22.1. The zero-order valence-electron chi connectivity index (χ0n) is 10.8. The van der Waals surface area contributed by atoms with E-state index >= 15 is 0 Å². The van der Waals surface area contributed by atoms with Crippen LogP contribution in [-0.2, 0) is 4.79 Å². The molecule has 2 amide bonds. The normalized spacial score (nSPS) is 20.6. The topological polar surface area (TPSA) is 78.4 Å². The lowest BCUT2D eigenvalue weighted by Gasteiger charge is -2.18. The number of aliphatic carboxylic acids is 1. The van der Waals surface area contributed by atoms with Gasteiger partial charge in [-0.25, -0.2) is 4.79 Å². The van der Waals surface area contributed by atoms with Gasteiger partial charge in [-0.1, -0.05) is 0 Å². The summed E-state index contributed by atoms with van der Waals surface area (Å²) in [7, 11) is 0. The molecule has 0 aliphatic heterocycles. The molecule has 2 aliphatic rings. The molecule has 2 saturated carbocycles. The summed E-state index contributed by atoms with van der Waals surface area (Å²) >= 11 is 0. The highest BCUT2D eigenvalue weighted by Crippen LogP contribution is 2.48. The molecule has 5 heteroatoms. The highest BCUT2D eigenvalue weighted by atomic mass is 16.4. The second-order valence-corrected chi connectivity index (χ2v) is 5.69. The first-order chi connectivity index (χ1) is 8.56. The molecule has 0 aromatic carbocycles. The molecule has 0 saturated heterocycles. The lowest BCUT2D eigenvalue weighted by atomic mass is 9.98. The van der Waals surface area contributed by atoms with Crippen LogP contribution in [0.4, 0.5) is 4.79 Å². The summed E-state index contributed by atoms with van der Waals surface area (Å²) in [5, 5.41) is 14.1. The van der Waals surface area contributed by atoms with E-state index in [1.54, 1.807) is 6.92 Å². The molecule has 2 fully saturated rings. The first-order valence-electron chi connectivity index (χ1n) is 6.82. The second-order valence-electron chi connectivity index (χ2n) is 5.69. The van der Waals surface area contributed by atoms with Crippen LogP contribution in [0.25, 0.3) is 0 Å². The maximum atomic E-state index is 11.6. The third-order valence-corrected chi connectivity index (χ3v) is 3.81. The summed E-state index contributed by atoms with van der Waals surface area (Å²) in [5.74, 6) is 1.38. The molecule has 2 aliphatic carbocycles. The highest BCUT2D eigenvalue weighted by Gasteiger charge is 2.41. The van der Waals surface area contributed by atoms with Crippen LogP contribution in [0.1, 0.15) is 39.0 Å². The monoisotopic (exact) mass is 254 g/mol. The Bertz CT molecular complexity index is 312. The van der Waals surface area contributed by atoms with Gasteiger partial charge in [-0.3, -0.25) is 4.79 Å². The van der Waals surface area contributed by atoms with Gasteiger partial charge in [-0.2, -0.15) is 0 Å². The van der Waals surface area contributed by atoms with E-state index in [9.17, 15) is 9.59 Å². The Morgan fingerprint density at radius 2 is 1.78 bits per heavy atom. The molecule has 102 valence electrons. The Balaban J connectivity index is 1.65. The first-order valence-corrected chi connectivity index (χ1v) is 6.82. The van der Waals surface area contributed by atoms with Crippen LogP contribution < -0.4 is 10.6 Å². The lowest BCUT2D eigenvalue weighted by molar-refractivity contribution is -0.137. The van der Waals surface area contributed by atoms with Crippen molar-refractivity contribution in [2.24, 2.45) is 17.8 Å². The fourth-order valence-corrected chi connectivity index (χ4v) is 2.57. The Morgan fingerprint density at radius 3 is 2.22 bits per heavy atom. The van der Waals surface area contributed by atoms with Gasteiger partial charge < -0.3 is 15.7 Å². The number of hydrogen-bond donors (Lipinski definition) is 3. The van der Waals surface area contributed by atoms with Gasteiger partial charge >= 0.3 is 12.0 Å². The number of hydrogen-bond acceptors (Lipinski definition) is 2. The Hall–Kier alpha value is -1.26. The van der Waals surface area contributed by atoms with E-state index in [-0.39, 0.29) is 18.5 Å². The zero-order valence-corrected chi connectivity index (χ0v) is 10.8. The van der Waals surface area contributed by atoms with E-state index < -0.39 is 5.97 Å². The van der Waals surface area contributed by atoms with Crippen molar-refractivity contribution in [1.82, 2.24) is 10.6 Å². The average Bonchev–Trinajstić information content (AvgIpc) is 3.12. The Labute approximate surface area is 107 Å². The summed E-state index contributed by atoms with van der Waals surface area (Å²) in [6, 6.07) is -0.571. The number of carbonyl (C=O) groups excluding carboxylic acids is 1. The van der Waals surface area contributed by atoms with Crippen molar-refractivity contribution in [3.63, 3.8) is 0 Å². The quantitative estimate of drug-likeness (QED) is 0.645. The van der Waals surface area contributed by atoms with E-state index in [4.69, 9.17) is 5.11 Å². The molecule has 1 atom stereocenters. The summed E-state index contributed by atoms with van der Waals surface area (Å²) in [6.07, 6.45) is 5.18. The molecule has 2 rings (SSSR count). The van der Waals surface area contributed by atoms with Gasteiger partial charge in [0, 0.05) is 12.6 Å². The van der Waals surface area contributed by atoms with Crippen LogP contribution in [0.2, 0.25) is 0 Å². The van der Waals surface area contributed by atoms with Crippen molar-refractivity contribution >= 4 is 12.0 Å². The van der Waals surface area contributed by atoms with Crippen LogP contribution in [0.3, 0.4) is 0 Å². The maximum Gasteiger partial charge on any atom is 0.315 e. The minimum Gasteiger partial charge on any atom is -0.481 e. The van der Waals surface area contributed by atoms with E-state index in [0.29, 0.717) is 5.92 Å². The van der Waals surface area contributed by atoms with Crippen molar-refractivity contribution in [3.8, 4) is 0 Å². The molecule has 0 spiro atoms. The molecule has 1 unspecified atom stereocenters.